The Labute approximate surface area is 63.2 Å². The van der Waals surface area contributed by atoms with Gasteiger partial charge in [0.2, 0.25) is 0 Å². The van der Waals surface area contributed by atoms with Crippen LogP contribution in [0.1, 0.15) is 0 Å². The van der Waals surface area contributed by atoms with Crippen LogP contribution in [0, 0.1) is 0 Å². The minimum absolute atomic E-state index is 0.537. The summed E-state index contributed by atoms with van der Waals surface area (Å²) >= 11 is 0. The van der Waals surface area contributed by atoms with Crippen LogP contribution in [-0.2, 0) is 0 Å². The number of hydrogen-bond acceptors (Lipinski definition) is 2. The lowest BCUT2D eigenvalue weighted by molar-refractivity contribution is 0.204. The number of hydrogen-bond donors (Lipinski definition) is 1. The van der Waals surface area contributed by atoms with Gasteiger partial charge < -0.3 is 5.11 Å². The Kier molecular flexibility index (Phi) is 2.32. The standard InChI is InChI=1S/C7H6N2O2/c10-7(11)9-8-6-4-2-1-3-5-6/h1-5H,(H,10,11). The number of carboxylic acid groups (broad SMARTS) is 1. The zero-order valence-electron chi connectivity index (χ0n) is 5.64. The van der Waals surface area contributed by atoms with Crippen molar-refractivity contribution in [3.63, 3.8) is 0 Å². The van der Waals surface area contributed by atoms with Gasteiger partial charge in [0.05, 0.1) is 5.69 Å². The highest BCUT2D eigenvalue weighted by Gasteiger charge is 1.88. The fourth-order valence-electron chi connectivity index (χ4n) is 0.595. The Balaban J connectivity index is 2.72. The molecule has 0 heterocycles. The predicted molar refractivity (Wildman–Crippen MR) is 39.0 cm³/mol. The van der Waals surface area contributed by atoms with Crippen LogP contribution in [0.15, 0.2) is 40.6 Å². The lowest BCUT2D eigenvalue weighted by Crippen LogP contribution is -1.80. The molecule has 1 rings (SSSR count). The van der Waals surface area contributed by atoms with E-state index in [1.54, 1.807) is 24.3 Å². The van der Waals surface area contributed by atoms with Gasteiger partial charge in [-0.25, -0.2) is 4.79 Å². The first-order valence-corrected chi connectivity index (χ1v) is 2.99. The number of azo groups is 1. The summed E-state index contributed by atoms with van der Waals surface area (Å²) < 4.78 is 0. The Morgan fingerprint density at radius 1 is 1.27 bits per heavy atom. The molecule has 0 fully saturated rings. The molecule has 4 nitrogen and oxygen atoms in total. The molecular weight excluding hydrogens is 144 g/mol. The van der Waals surface area contributed by atoms with Crippen LogP contribution in [0.2, 0.25) is 0 Å². The van der Waals surface area contributed by atoms with Crippen molar-refractivity contribution in [1.82, 2.24) is 0 Å². The van der Waals surface area contributed by atoms with Crippen molar-refractivity contribution >= 4 is 11.8 Å². The molecule has 1 N–H and O–H groups in total. The van der Waals surface area contributed by atoms with Gasteiger partial charge in [-0.2, -0.15) is 0 Å². The van der Waals surface area contributed by atoms with E-state index in [1.807, 2.05) is 6.07 Å². The topological polar surface area (TPSA) is 62.0 Å². The van der Waals surface area contributed by atoms with Crippen LogP contribution in [0.3, 0.4) is 0 Å². The summed E-state index contributed by atoms with van der Waals surface area (Å²) in [5, 5.41) is 14.5. The smallest absolute Gasteiger partial charge is 0.449 e. The van der Waals surface area contributed by atoms with Crippen molar-refractivity contribution in [3.8, 4) is 0 Å². The van der Waals surface area contributed by atoms with Gasteiger partial charge in [0.15, 0.2) is 0 Å². The van der Waals surface area contributed by atoms with Crippen molar-refractivity contribution in [2.45, 2.75) is 0 Å². The van der Waals surface area contributed by atoms with Crippen LogP contribution >= 0.6 is 0 Å². The summed E-state index contributed by atoms with van der Waals surface area (Å²) in [5.41, 5.74) is 0.537. The molecule has 0 aliphatic rings. The summed E-state index contributed by atoms with van der Waals surface area (Å²) in [6, 6.07) is 8.69. The van der Waals surface area contributed by atoms with Crippen molar-refractivity contribution in [2.75, 3.05) is 0 Å². The van der Waals surface area contributed by atoms with Crippen LogP contribution in [0.4, 0.5) is 10.5 Å². The second-order valence-electron chi connectivity index (χ2n) is 1.82. The first-order valence-electron chi connectivity index (χ1n) is 2.99. The molecule has 1 aromatic carbocycles. The monoisotopic (exact) mass is 150 g/mol. The first kappa shape index (κ1) is 7.40. The largest absolute Gasteiger partial charge is 0.462 e. The molecule has 0 bridgehead atoms. The minimum Gasteiger partial charge on any atom is -0.462 e. The molecule has 4 heteroatoms. The van der Waals surface area contributed by atoms with E-state index in [0.717, 1.165) is 0 Å². The van der Waals surface area contributed by atoms with Crippen LogP contribution in [-0.4, -0.2) is 11.2 Å². The third-order valence-electron chi connectivity index (χ3n) is 1.01. The maximum atomic E-state index is 9.91. The van der Waals surface area contributed by atoms with E-state index in [0.29, 0.717) is 5.69 Å². The second-order valence-corrected chi connectivity index (χ2v) is 1.82. The quantitative estimate of drug-likeness (QED) is 0.625. The SMILES string of the molecule is O=C(O)N=Nc1ccccc1. The maximum Gasteiger partial charge on any atom is 0.449 e. The normalized spacial score (nSPS) is 10.2. The van der Waals surface area contributed by atoms with Gasteiger partial charge in [-0.1, -0.05) is 23.3 Å². The van der Waals surface area contributed by atoms with Crippen LogP contribution in [0.5, 0.6) is 0 Å². The second kappa shape index (κ2) is 3.46. The van der Waals surface area contributed by atoms with Crippen LogP contribution < -0.4 is 0 Å². The molecule has 1 aromatic rings. The molecule has 56 valence electrons. The predicted octanol–water partition coefficient (Wildman–Crippen LogP) is 2.45. The minimum atomic E-state index is -1.28. The van der Waals surface area contributed by atoms with E-state index < -0.39 is 6.09 Å². The van der Waals surface area contributed by atoms with Gasteiger partial charge >= 0.3 is 6.09 Å². The molecule has 0 aliphatic carbocycles. The molecule has 0 spiro atoms. The highest BCUT2D eigenvalue weighted by molar-refractivity contribution is 5.65. The third-order valence-corrected chi connectivity index (χ3v) is 1.01. The van der Waals surface area contributed by atoms with Crippen molar-refractivity contribution < 1.29 is 9.90 Å². The number of rotatable bonds is 1. The highest BCUT2D eigenvalue weighted by Crippen LogP contribution is 2.09. The van der Waals surface area contributed by atoms with E-state index in [2.05, 4.69) is 10.2 Å². The Morgan fingerprint density at radius 2 is 1.91 bits per heavy atom. The van der Waals surface area contributed by atoms with E-state index in [4.69, 9.17) is 5.11 Å². The van der Waals surface area contributed by atoms with E-state index in [-0.39, 0.29) is 0 Å². The first-order chi connectivity index (χ1) is 5.29. The molecule has 0 radical (unpaired) electrons. The molecule has 0 saturated heterocycles. The van der Waals surface area contributed by atoms with Gasteiger partial charge in [-0.05, 0) is 12.1 Å². The molecule has 0 aliphatic heterocycles. The Morgan fingerprint density at radius 3 is 2.45 bits per heavy atom. The third kappa shape index (κ3) is 2.57. The van der Waals surface area contributed by atoms with Gasteiger partial charge in [0.1, 0.15) is 0 Å². The lowest BCUT2D eigenvalue weighted by Gasteiger charge is -1.86. The highest BCUT2D eigenvalue weighted by atomic mass is 16.4. The van der Waals surface area contributed by atoms with Crippen LogP contribution in [0.25, 0.3) is 0 Å². The number of carbonyl (C=O) groups is 1. The molecule has 0 atom stereocenters. The summed E-state index contributed by atoms with van der Waals surface area (Å²) in [4.78, 5) is 9.91. The summed E-state index contributed by atoms with van der Waals surface area (Å²) in [5.74, 6) is 0. The molecule has 0 aromatic heterocycles. The van der Waals surface area contributed by atoms with Gasteiger partial charge in [0.25, 0.3) is 0 Å². The molecule has 0 saturated carbocycles. The fraction of sp³-hybridized carbons (Fsp3) is 0. The van der Waals surface area contributed by atoms with Crippen molar-refractivity contribution in [1.29, 1.82) is 0 Å². The van der Waals surface area contributed by atoms with Crippen molar-refractivity contribution in [3.05, 3.63) is 30.3 Å². The molecule has 0 unspecified atom stereocenters. The Bertz CT molecular complexity index is 269. The van der Waals surface area contributed by atoms with Gasteiger partial charge in [-0.15, -0.1) is 5.11 Å². The van der Waals surface area contributed by atoms with E-state index in [1.165, 1.54) is 0 Å². The van der Waals surface area contributed by atoms with Crippen molar-refractivity contribution in [2.24, 2.45) is 10.2 Å². The number of amides is 1. The molecular formula is C7H6N2O2. The van der Waals surface area contributed by atoms with E-state index in [9.17, 15) is 4.79 Å². The maximum absolute atomic E-state index is 9.91. The zero-order valence-corrected chi connectivity index (χ0v) is 5.64. The molecule has 11 heavy (non-hydrogen) atoms. The number of nitrogens with zero attached hydrogens (tertiary/aromatic N) is 2. The summed E-state index contributed by atoms with van der Waals surface area (Å²) in [6.07, 6.45) is -1.28. The average molecular weight is 150 g/mol. The summed E-state index contributed by atoms with van der Waals surface area (Å²) in [7, 11) is 0. The van der Waals surface area contributed by atoms with Gasteiger partial charge in [-0.3, -0.25) is 0 Å². The zero-order chi connectivity index (χ0) is 8.10. The van der Waals surface area contributed by atoms with E-state index >= 15 is 0 Å². The fourth-order valence-corrected chi connectivity index (χ4v) is 0.595. The average Bonchev–Trinajstić information content (AvgIpc) is 2.03. The summed E-state index contributed by atoms with van der Waals surface area (Å²) in [6.45, 7) is 0. The number of benzene rings is 1. The van der Waals surface area contributed by atoms with Gasteiger partial charge in [0, 0.05) is 0 Å². The Hall–Kier alpha value is -1.71. The molecule has 1 amide bonds. The lowest BCUT2D eigenvalue weighted by atomic mass is 10.3.